The summed E-state index contributed by atoms with van der Waals surface area (Å²) >= 11 is 0. The summed E-state index contributed by atoms with van der Waals surface area (Å²) in [7, 11) is 1.52. The number of methoxy groups -OCH3 is 1. The summed E-state index contributed by atoms with van der Waals surface area (Å²) in [5.41, 5.74) is 3.44. The van der Waals surface area contributed by atoms with Crippen LogP contribution in [-0.4, -0.2) is 38.8 Å². The van der Waals surface area contributed by atoms with Crippen molar-refractivity contribution in [3.05, 3.63) is 98.6 Å². The number of benzene rings is 3. The topological polar surface area (TPSA) is 139 Å². The van der Waals surface area contributed by atoms with Crippen LogP contribution < -0.4 is 9.64 Å². The number of nitro benzene ring substituents is 1. The number of hydrogen-bond acceptors (Lipinski definition) is 7. The number of ether oxygens (including phenoxy) is 1. The van der Waals surface area contributed by atoms with E-state index < -0.39 is 28.4 Å². The van der Waals surface area contributed by atoms with Gasteiger partial charge < -0.3 is 14.8 Å². The van der Waals surface area contributed by atoms with Crippen molar-refractivity contribution < 1.29 is 24.4 Å². The Morgan fingerprint density at radius 1 is 1.08 bits per heavy atom. The number of carbonyl (C=O) groups excluding carboxylic acids is 2. The third kappa shape index (κ3) is 3.98. The number of ketones is 1. The van der Waals surface area contributed by atoms with Crippen molar-refractivity contribution in [3.63, 3.8) is 0 Å². The number of rotatable bonds is 5. The summed E-state index contributed by atoms with van der Waals surface area (Å²) in [6.07, 6.45) is 0. The fourth-order valence-corrected chi connectivity index (χ4v) is 4.45. The molecule has 0 radical (unpaired) electrons. The van der Waals surface area contributed by atoms with Gasteiger partial charge in [-0.1, -0.05) is 24.3 Å². The first-order chi connectivity index (χ1) is 17.7. The molecule has 4 aromatic rings. The first-order valence-electron chi connectivity index (χ1n) is 11.4. The molecule has 1 atom stereocenters. The number of nitro groups is 1. The number of fused-ring (bicyclic) bond motifs is 1. The van der Waals surface area contributed by atoms with E-state index in [1.54, 1.807) is 24.3 Å². The van der Waals surface area contributed by atoms with E-state index in [0.29, 0.717) is 22.3 Å². The largest absolute Gasteiger partial charge is 0.507 e. The first kappa shape index (κ1) is 23.7. The van der Waals surface area contributed by atoms with Crippen LogP contribution in [0.5, 0.6) is 5.75 Å². The lowest BCUT2D eigenvalue weighted by Crippen LogP contribution is -2.30. The van der Waals surface area contributed by atoms with Crippen LogP contribution in [0.1, 0.15) is 28.3 Å². The predicted octanol–water partition coefficient (Wildman–Crippen LogP) is 4.72. The van der Waals surface area contributed by atoms with E-state index >= 15 is 0 Å². The van der Waals surface area contributed by atoms with Crippen molar-refractivity contribution in [3.8, 4) is 5.75 Å². The Bertz CT molecular complexity index is 1580. The molecule has 1 unspecified atom stereocenters. The molecule has 0 spiro atoms. The first-order valence-corrected chi connectivity index (χ1v) is 11.4. The minimum atomic E-state index is -1.05. The zero-order valence-electron chi connectivity index (χ0n) is 20.2. The summed E-state index contributed by atoms with van der Waals surface area (Å²) in [4.78, 5) is 46.3. The SMILES string of the molecule is COc1ccc(C2/C(=C(\O)c3cccc([N+](=O)[O-])c3)C(=O)C(=O)N2c2nc3cc(C)c(C)cc3[nH]2)cc1. The van der Waals surface area contributed by atoms with Crippen molar-refractivity contribution in [1.29, 1.82) is 0 Å². The van der Waals surface area contributed by atoms with E-state index in [2.05, 4.69) is 9.97 Å². The lowest BCUT2D eigenvalue weighted by atomic mass is 9.95. The van der Waals surface area contributed by atoms with Crippen LogP contribution in [0.3, 0.4) is 0 Å². The molecule has 0 aliphatic carbocycles. The molecule has 1 saturated heterocycles. The third-order valence-corrected chi connectivity index (χ3v) is 6.52. The van der Waals surface area contributed by atoms with Gasteiger partial charge in [-0.3, -0.25) is 24.6 Å². The molecule has 10 nitrogen and oxygen atoms in total. The molecule has 1 fully saturated rings. The van der Waals surface area contributed by atoms with Gasteiger partial charge in [0.15, 0.2) is 0 Å². The number of carbonyl (C=O) groups is 2. The fourth-order valence-electron chi connectivity index (χ4n) is 4.45. The van der Waals surface area contributed by atoms with Crippen LogP contribution in [0.15, 0.2) is 66.2 Å². The summed E-state index contributed by atoms with van der Waals surface area (Å²) in [5.74, 6) is -1.64. The molecule has 3 aromatic carbocycles. The Morgan fingerprint density at radius 2 is 1.78 bits per heavy atom. The van der Waals surface area contributed by atoms with Crippen molar-refractivity contribution in [2.75, 3.05) is 12.0 Å². The van der Waals surface area contributed by atoms with Crippen LogP contribution in [0, 0.1) is 24.0 Å². The van der Waals surface area contributed by atoms with Crippen LogP contribution in [-0.2, 0) is 9.59 Å². The molecule has 2 N–H and O–H groups in total. The minimum Gasteiger partial charge on any atom is -0.507 e. The Balaban J connectivity index is 1.73. The molecule has 1 aromatic heterocycles. The number of aromatic nitrogens is 2. The van der Waals surface area contributed by atoms with Crippen molar-refractivity contribution in [1.82, 2.24) is 9.97 Å². The van der Waals surface area contributed by atoms with Gasteiger partial charge in [0.05, 0.1) is 34.7 Å². The number of aromatic amines is 1. The van der Waals surface area contributed by atoms with Crippen LogP contribution in [0.2, 0.25) is 0 Å². The highest BCUT2D eigenvalue weighted by atomic mass is 16.6. The van der Waals surface area contributed by atoms with E-state index in [0.717, 1.165) is 17.2 Å². The van der Waals surface area contributed by atoms with E-state index in [9.17, 15) is 24.8 Å². The van der Waals surface area contributed by atoms with Gasteiger partial charge in [-0.2, -0.15) is 0 Å². The number of nitrogens with one attached hydrogen (secondary N) is 1. The van der Waals surface area contributed by atoms with Gasteiger partial charge in [-0.15, -0.1) is 0 Å². The van der Waals surface area contributed by atoms with Gasteiger partial charge in [0.2, 0.25) is 5.95 Å². The number of imidazole rings is 1. The maximum Gasteiger partial charge on any atom is 0.302 e. The average molecular weight is 498 g/mol. The Labute approximate surface area is 211 Å². The molecule has 1 aliphatic rings. The second kappa shape index (κ2) is 8.90. The molecule has 0 bridgehead atoms. The molecule has 1 amide bonds. The van der Waals surface area contributed by atoms with Gasteiger partial charge in [-0.25, -0.2) is 4.98 Å². The number of non-ortho nitro benzene ring substituents is 1. The maximum atomic E-state index is 13.4. The molecule has 5 rings (SSSR count). The predicted molar refractivity (Wildman–Crippen MR) is 136 cm³/mol. The van der Waals surface area contributed by atoms with Gasteiger partial charge in [0.25, 0.3) is 11.5 Å². The highest BCUT2D eigenvalue weighted by molar-refractivity contribution is 6.51. The summed E-state index contributed by atoms with van der Waals surface area (Å²) in [5, 5.41) is 22.5. The van der Waals surface area contributed by atoms with E-state index in [4.69, 9.17) is 4.74 Å². The van der Waals surface area contributed by atoms with Crippen molar-refractivity contribution >= 4 is 40.1 Å². The smallest absolute Gasteiger partial charge is 0.302 e. The van der Waals surface area contributed by atoms with Gasteiger partial charge in [0.1, 0.15) is 11.5 Å². The normalized spacial score (nSPS) is 16.9. The zero-order valence-corrected chi connectivity index (χ0v) is 20.2. The molecular weight excluding hydrogens is 476 g/mol. The Hall–Kier alpha value is -4.99. The average Bonchev–Trinajstić information content (AvgIpc) is 3.41. The van der Waals surface area contributed by atoms with Gasteiger partial charge in [-0.05, 0) is 54.8 Å². The number of aliphatic hydroxyl groups excluding tert-OH is 1. The quantitative estimate of drug-likeness (QED) is 0.133. The summed E-state index contributed by atoms with van der Waals surface area (Å²) < 4.78 is 5.24. The number of aryl methyl sites for hydroxylation is 2. The molecule has 186 valence electrons. The van der Waals surface area contributed by atoms with E-state index in [-0.39, 0.29) is 22.8 Å². The molecule has 2 heterocycles. The lowest BCUT2D eigenvalue weighted by molar-refractivity contribution is -0.384. The highest BCUT2D eigenvalue weighted by Gasteiger charge is 2.48. The third-order valence-electron chi connectivity index (χ3n) is 6.52. The number of H-pyrrole nitrogens is 1. The standard InChI is InChI=1S/C27H22N4O6/c1-14-11-20-21(12-15(14)2)29-27(28-20)30-23(16-7-9-19(37-3)10-8-16)22(25(33)26(30)34)24(32)17-5-4-6-18(13-17)31(35)36/h4-13,23,32H,1-3H3,(H,28,29)/b24-22+. The van der Waals surface area contributed by atoms with E-state index in [1.165, 1.54) is 30.2 Å². The number of nitrogens with zero attached hydrogens (tertiary/aromatic N) is 3. The number of hydrogen-bond donors (Lipinski definition) is 2. The van der Waals surface area contributed by atoms with Gasteiger partial charge >= 0.3 is 5.91 Å². The summed E-state index contributed by atoms with van der Waals surface area (Å²) in [6, 6.07) is 14.7. The maximum absolute atomic E-state index is 13.4. The molecular formula is C27H22N4O6. The summed E-state index contributed by atoms with van der Waals surface area (Å²) in [6.45, 7) is 3.91. The monoisotopic (exact) mass is 498 g/mol. The van der Waals surface area contributed by atoms with Crippen LogP contribution in [0.25, 0.3) is 16.8 Å². The zero-order chi connectivity index (χ0) is 26.4. The minimum absolute atomic E-state index is 0.0431. The Kier molecular flexibility index (Phi) is 5.71. The van der Waals surface area contributed by atoms with E-state index in [1.807, 2.05) is 26.0 Å². The Morgan fingerprint density at radius 3 is 2.46 bits per heavy atom. The molecule has 10 heteroatoms. The van der Waals surface area contributed by atoms with Gasteiger partial charge in [0, 0.05) is 17.7 Å². The molecule has 0 saturated carbocycles. The number of amides is 1. The van der Waals surface area contributed by atoms with Crippen molar-refractivity contribution in [2.45, 2.75) is 19.9 Å². The molecule has 1 aliphatic heterocycles. The highest BCUT2D eigenvalue weighted by Crippen LogP contribution is 2.42. The second-order valence-electron chi connectivity index (χ2n) is 8.76. The second-order valence-corrected chi connectivity index (χ2v) is 8.76. The van der Waals surface area contributed by atoms with Crippen LogP contribution in [0.4, 0.5) is 11.6 Å². The number of anilines is 1. The number of aliphatic hydroxyl groups is 1. The fraction of sp³-hybridized carbons (Fsp3) is 0.148. The van der Waals surface area contributed by atoms with Crippen LogP contribution >= 0.6 is 0 Å². The molecule has 37 heavy (non-hydrogen) atoms. The lowest BCUT2D eigenvalue weighted by Gasteiger charge is -2.23. The van der Waals surface area contributed by atoms with Crippen molar-refractivity contribution in [2.24, 2.45) is 0 Å². The number of Topliss-reactive ketones (excluding diaryl/α,β-unsaturated/α-hetero) is 1.